The minimum Gasteiger partial charge on any atom is -0.492 e. The number of hydrogen-bond donors (Lipinski definition) is 2. The molecule has 224 valence electrons. The van der Waals surface area contributed by atoms with Crippen molar-refractivity contribution in [3.63, 3.8) is 0 Å². The summed E-state index contributed by atoms with van der Waals surface area (Å²) in [6, 6.07) is 11.1. The normalized spacial score (nSPS) is 14.2. The Balaban J connectivity index is 1.21. The summed E-state index contributed by atoms with van der Waals surface area (Å²) in [7, 11) is 3.95. The molecule has 6 heterocycles. The minimum absolute atomic E-state index is 0.359. The number of likely N-dealkylation sites (N-methyl/N-ethyl adjacent to an activating group) is 1. The second-order valence-electron chi connectivity index (χ2n) is 11.8. The molecular formula is C34H35FN8O. The number of nitrogens with one attached hydrogen (secondary N) is 2. The number of pyridine rings is 3. The summed E-state index contributed by atoms with van der Waals surface area (Å²) in [6.45, 7) is 4.40. The molecule has 1 aromatic carbocycles. The maximum atomic E-state index is 14.7. The predicted octanol–water partition coefficient (Wildman–Crippen LogP) is 6.30. The molecule has 44 heavy (non-hydrogen) atoms. The van der Waals surface area contributed by atoms with Crippen molar-refractivity contribution >= 4 is 21.9 Å². The zero-order valence-electron chi connectivity index (χ0n) is 25.0. The van der Waals surface area contributed by atoms with Gasteiger partial charge in [-0.1, -0.05) is 6.42 Å². The maximum absolute atomic E-state index is 14.7. The van der Waals surface area contributed by atoms with Crippen LogP contribution in [0.1, 0.15) is 24.8 Å². The van der Waals surface area contributed by atoms with E-state index in [-0.39, 0.29) is 5.82 Å². The molecule has 0 bridgehead atoms. The highest BCUT2D eigenvalue weighted by Crippen LogP contribution is 2.35. The van der Waals surface area contributed by atoms with Gasteiger partial charge in [-0.25, -0.2) is 9.37 Å². The van der Waals surface area contributed by atoms with Crippen molar-refractivity contribution in [3.8, 4) is 39.4 Å². The van der Waals surface area contributed by atoms with Gasteiger partial charge in [-0.05, 0) is 81.5 Å². The first-order chi connectivity index (χ1) is 21.5. The SMILES string of the molecule is CN(C)CCOc1cc(F)cc(-c2cncc3[nH]c(-c4[nH]nc5ncc(-c6cncc(CN7CCCCC7)c6)cc45)cc23)c1. The van der Waals surface area contributed by atoms with Crippen molar-refractivity contribution in [1.29, 1.82) is 0 Å². The van der Waals surface area contributed by atoms with E-state index in [1.807, 2.05) is 49.7 Å². The molecule has 0 spiro atoms. The summed E-state index contributed by atoms with van der Waals surface area (Å²) in [4.78, 5) is 21.7. The van der Waals surface area contributed by atoms with Crippen molar-refractivity contribution in [2.75, 3.05) is 40.3 Å². The van der Waals surface area contributed by atoms with Gasteiger partial charge in [0.25, 0.3) is 0 Å². The Labute approximate surface area is 255 Å². The third kappa shape index (κ3) is 5.91. The summed E-state index contributed by atoms with van der Waals surface area (Å²) < 4.78 is 20.5. The van der Waals surface area contributed by atoms with Crippen LogP contribution < -0.4 is 4.74 Å². The van der Waals surface area contributed by atoms with E-state index in [1.54, 1.807) is 12.4 Å². The lowest BCUT2D eigenvalue weighted by Crippen LogP contribution is -2.29. The van der Waals surface area contributed by atoms with Crippen molar-refractivity contribution in [2.24, 2.45) is 0 Å². The average Bonchev–Trinajstić information content (AvgIpc) is 3.65. The highest BCUT2D eigenvalue weighted by atomic mass is 19.1. The third-order valence-electron chi connectivity index (χ3n) is 8.20. The number of rotatable bonds is 9. The van der Waals surface area contributed by atoms with Gasteiger partial charge in [-0.3, -0.25) is 20.0 Å². The molecule has 0 amide bonds. The van der Waals surface area contributed by atoms with E-state index in [0.29, 0.717) is 23.6 Å². The highest BCUT2D eigenvalue weighted by Gasteiger charge is 2.17. The standard InChI is InChI=1S/C34H35FN8O/c1-42(2)8-9-44-27-12-23(11-26(35)14-27)30-19-37-20-32-28(30)15-31(39-32)33-29-13-25(18-38-34(29)41-40-33)24-10-22(16-36-17-24)21-43-6-4-3-5-7-43/h10-20,39H,3-9,21H2,1-2H3,(H,38,40,41). The Morgan fingerprint density at radius 3 is 2.57 bits per heavy atom. The van der Waals surface area contributed by atoms with Crippen LogP contribution in [-0.2, 0) is 6.54 Å². The number of benzene rings is 1. The number of hydrogen-bond acceptors (Lipinski definition) is 7. The van der Waals surface area contributed by atoms with E-state index in [0.717, 1.165) is 70.5 Å². The van der Waals surface area contributed by atoms with Crippen LogP contribution in [0.3, 0.4) is 0 Å². The number of likely N-dealkylation sites (tertiary alicyclic amines) is 1. The molecular weight excluding hydrogens is 555 g/mol. The van der Waals surface area contributed by atoms with Crippen molar-refractivity contribution in [3.05, 3.63) is 78.8 Å². The summed E-state index contributed by atoms with van der Waals surface area (Å²) in [5.41, 5.74) is 7.84. The molecule has 9 nitrogen and oxygen atoms in total. The molecule has 10 heteroatoms. The van der Waals surface area contributed by atoms with Crippen LogP contribution in [0.2, 0.25) is 0 Å². The summed E-state index contributed by atoms with van der Waals surface area (Å²) in [5, 5.41) is 9.46. The molecule has 1 fully saturated rings. The Morgan fingerprint density at radius 2 is 1.70 bits per heavy atom. The highest BCUT2D eigenvalue weighted by molar-refractivity contribution is 6.00. The first-order valence-corrected chi connectivity index (χ1v) is 15.1. The molecule has 1 aliphatic rings. The Kier molecular flexibility index (Phi) is 7.76. The number of fused-ring (bicyclic) bond motifs is 2. The molecule has 5 aromatic heterocycles. The molecule has 1 aliphatic heterocycles. The van der Waals surface area contributed by atoms with Gasteiger partial charge < -0.3 is 14.6 Å². The van der Waals surface area contributed by atoms with Crippen LogP contribution in [-0.4, -0.2) is 80.3 Å². The second kappa shape index (κ2) is 12.1. The summed E-state index contributed by atoms with van der Waals surface area (Å²) in [5.74, 6) is 0.130. The van der Waals surface area contributed by atoms with Gasteiger partial charge in [0, 0.05) is 71.4 Å². The van der Waals surface area contributed by atoms with Crippen LogP contribution in [0, 0.1) is 5.82 Å². The third-order valence-corrected chi connectivity index (χ3v) is 8.20. The molecule has 1 saturated heterocycles. The Morgan fingerprint density at radius 1 is 0.864 bits per heavy atom. The van der Waals surface area contributed by atoms with E-state index in [2.05, 4.69) is 47.2 Å². The van der Waals surface area contributed by atoms with Crippen molar-refractivity contribution < 1.29 is 9.13 Å². The number of piperidine rings is 1. The van der Waals surface area contributed by atoms with E-state index >= 15 is 0 Å². The van der Waals surface area contributed by atoms with Gasteiger partial charge in [-0.2, -0.15) is 5.10 Å². The van der Waals surface area contributed by atoms with Crippen molar-refractivity contribution in [2.45, 2.75) is 25.8 Å². The van der Waals surface area contributed by atoms with Crippen LogP contribution in [0.4, 0.5) is 4.39 Å². The molecule has 0 saturated carbocycles. The van der Waals surface area contributed by atoms with Gasteiger partial charge in [0.05, 0.1) is 23.1 Å². The van der Waals surface area contributed by atoms with Gasteiger partial charge in [0.15, 0.2) is 5.65 Å². The van der Waals surface area contributed by atoms with Gasteiger partial charge in [0.1, 0.15) is 18.2 Å². The predicted molar refractivity (Wildman–Crippen MR) is 171 cm³/mol. The van der Waals surface area contributed by atoms with E-state index < -0.39 is 0 Å². The molecule has 0 atom stereocenters. The molecule has 6 aromatic rings. The fraction of sp³-hybridized carbons (Fsp3) is 0.294. The zero-order valence-corrected chi connectivity index (χ0v) is 25.0. The summed E-state index contributed by atoms with van der Waals surface area (Å²) >= 11 is 0. The van der Waals surface area contributed by atoms with E-state index in [1.165, 1.54) is 37.0 Å². The van der Waals surface area contributed by atoms with Crippen LogP contribution in [0.15, 0.2) is 67.4 Å². The van der Waals surface area contributed by atoms with Crippen LogP contribution in [0.25, 0.3) is 55.6 Å². The maximum Gasteiger partial charge on any atom is 0.181 e. The van der Waals surface area contributed by atoms with Gasteiger partial charge in [0.2, 0.25) is 0 Å². The lowest BCUT2D eigenvalue weighted by Gasteiger charge is -2.26. The molecule has 0 aliphatic carbocycles. The number of ether oxygens (including phenoxy) is 1. The smallest absolute Gasteiger partial charge is 0.181 e. The Bertz CT molecular complexity index is 1920. The van der Waals surface area contributed by atoms with Crippen LogP contribution in [0.5, 0.6) is 5.75 Å². The number of aromatic nitrogens is 6. The second-order valence-corrected chi connectivity index (χ2v) is 11.8. The van der Waals surface area contributed by atoms with E-state index in [4.69, 9.17) is 4.74 Å². The average molecular weight is 591 g/mol. The number of nitrogens with zero attached hydrogens (tertiary/aromatic N) is 6. The molecule has 7 rings (SSSR count). The minimum atomic E-state index is -0.359. The van der Waals surface area contributed by atoms with Gasteiger partial charge in [-0.15, -0.1) is 0 Å². The fourth-order valence-corrected chi connectivity index (χ4v) is 5.93. The zero-order chi connectivity index (χ0) is 30.0. The molecule has 0 radical (unpaired) electrons. The first kappa shape index (κ1) is 28.1. The van der Waals surface area contributed by atoms with Gasteiger partial charge >= 0.3 is 0 Å². The monoisotopic (exact) mass is 590 g/mol. The largest absolute Gasteiger partial charge is 0.492 e. The van der Waals surface area contributed by atoms with E-state index in [9.17, 15) is 4.39 Å². The Hall–Kier alpha value is -4.67. The number of halogens is 1. The number of H-pyrrole nitrogens is 2. The lowest BCUT2D eigenvalue weighted by molar-refractivity contribution is 0.220. The number of aromatic amines is 2. The lowest BCUT2D eigenvalue weighted by atomic mass is 10.0. The first-order valence-electron chi connectivity index (χ1n) is 15.1. The molecule has 2 N–H and O–H groups in total. The fourth-order valence-electron chi connectivity index (χ4n) is 5.93. The summed E-state index contributed by atoms with van der Waals surface area (Å²) in [6.07, 6.45) is 13.1. The molecule has 0 unspecified atom stereocenters. The van der Waals surface area contributed by atoms with Crippen molar-refractivity contribution in [1.82, 2.24) is 39.9 Å². The topological polar surface area (TPSA) is 98.8 Å². The quantitative estimate of drug-likeness (QED) is 0.204. The van der Waals surface area contributed by atoms with Crippen LogP contribution >= 0.6 is 0 Å².